The van der Waals surface area contributed by atoms with Crippen molar-refractivity contribution in [2.24, 2.45) is 17.8 Å². The van der Waals surface area contributed by atoms with Crippen LogP contribution in [0.2, 0.25) is 0 Å². The Balaban J connectivity index is 1.48. The lowest BCUT2D eigenvalue weighted by Crippen LogP contribution is -2.59. The van der Waals surface area contributed by atoms with Gasteiger partial charge in [0.1, 0.15) is 18.2 Å². The number of aliphatic hydroxyl groups excluding tert-OH is 1. The number of hydrogen-bond acceptors (Lipinski definition) is 7. The molecule has 10 heteroatoms. The van der Waals surface area contributed by atoms with Crippen LogP contribution in [0.25, 0.3) is 0 Å². The van der Waals surface area contributed by atoms with Crippen LogP contribution in [0.3, 0.4) is 0 Å². The number of nitrogens with zero attached hydrogens (tertiary/aromatic N) is 2. The quantitative estimate of drug-likeness (QED) is 0.189. The zero-order chi connectivity index (χ0) is 35.1. The highest BCUT2D eigenvalue weighted by Crippen LogP contribution is 2.59. The number of allylic oxidation sites excluding steroid dienone is 1. The van der Waals surface area contributed by atoms with E-state index in [2.05, 4.69) is 18.5 Å². The Kier molecular flexibility index (Phi) is 11.7. The van der Waals surface area contributed by atoms with Gasteiger partial charge in [0.15, 0.2) is 0 Å². The highest BCUT2D eigenvalue weighted by Gasteiger charge is 2.75. The molecule has 10 nitrogen and oxygen atoms in total. The first-order valence-corrected chi connectivity index (χ1v) is 17.4. The van der Waals surface area contributed by atoms with Gasteiger partial charge in [-0.3, -0.25) is 19.2 Å². The number of rotatable bonds is 17. The first kappa shape index (κ1) is 36.0. The van der Waals surface area contributed by atoms with E-state index in [9.17, 15) is 24.3 Å². The van der Waals surface area contributed by atoms with E-state index >= 15 is 0 Å². The van der Waals surface area contributed by atoms with Gasteiger partial charge in [0, 0.05) is 19.5 Å². The summed E-state index contributed by atoms with van der Waals surface area (Å²) in [5.41, 5.74) is 0.433. The standard InChI is InChI=1S/C39H49N3O7/c1-5-8-19-32(44)48-25-29(28-17-13-10-14-18-28)40-36(45)33-31-20-21-39(49-31)34(33)37(46)42(30(24-43)26(4)7-3)35(39)38(47)41(22-6-2)23-27-15-11-9-12-16-27/h5-6,9-18,26,29-31,33-35,43H,1-2,7-8,19-25H2,3-4H3,(H,40,45)/t26-,29+,30-,31-,33+,34+,35-,39+/m0/s1. The fourth-order valence-electron chi connectivity index (χ4n) is 7.85. The van der Waals surface area contributed by atoms with Gasteiger partial charge in [0.05, 0.1) is 36.6 Å². The van der Waals surface area contributed by atoms with Crippen LogP contribution in [-0.4, -0.2) is 82.1 Å². The summed E-state index contributed by atoms with van der Waals surface area (Å²) < 4.78 is 12.2. The molecule has 0 saturated carbocycles. The minimum atomic E-state index is -1.24. The van der Waals surface area contributed by atoms with Crippen LogP contribution in [0.4, 0.5) is 0 Å². The van der Waals surface area contributed by atoms with Crippen molar-refractivity contribution in [3.05, 3.63) is 97.1 Å². The van der Waals surface area contributed by atoms with Gasteiger partial charge in [-0.1, -0.05) is 93.1 Å². The zero-order valence-electron chi connectivity index (χ0n) is 28.5. The Morgan fingerprint density at radius 2 is 1.82 bits per heavy atom. The van der Waals surface area contributed by atoms with Crippen molar-refractivity contribution in [1.29, 1.82) is 0 Å². The number of aliphatic hydroxyl groups is 1. The summed E-state index contributed by atoms with van der Waals surface area (Å²) in [6, 6.07) is 16.5. The molecule has 3 aliphatic rings. The zero-order valence-corrected chi connectivity index (χ0v) is 28.5. The van der Waals surface area contributed by atoms with Crippen LogP contribution < -0.4 is 5.32 Å². The largest absolute Gasteiger partial charge is 0.463 e. The highest BCUT2D eigenvalue weighted by molar-refractivity contribution is 5.99. The number of carbonyl (C=O) groups is 4. The van der Waals surface area contributed by atoms with E-state index in [1.807, 2.05) is 74.5 Å². The number of esters is 1. The van der Waals surface area contributed by atoms with Crippen molar-refractivity contribution in [2.45, 2.75) is 82.3 Å². The molecule has 3 saturated heterocycles. The van der Waals surface area contributed by atoms with Crippen LogP contribution in [0.15, 0.2) is 86.0 Å². The molecule has 2 aromatic carbocycles. The number of carbonyl (C=O) groups excluding carboxylic acids is 4. The fourth-order valence-corrected chi connectivity index (χ4v) is 7.85. The highest BCUT2D eigenvalue weighted by atomic mass is 16.5. The smallest absolute Gasteiger partial charge is 0.306 e. The van der Waals surface area contributed by atoms with E-state index in [0.29, 0.717) is 32.2 Å². The molecule has 3 amide bonds. The van der Waals surface area contributed by atoms with Gasteiger partial charge in [-0.2, -0.15) is 0 Å². The third kappa shape index (κ3) is 7.21. The Hall–Kier alpha value is -4.28. The molecular weight excluding hydrogens is 622 g/mol. The lowest BCUT2D eigenvalue weighted by atomic mass is 9.70. The average molecular weight is 672 g/mol. The second-order valence-corrected chi connectivity index (χ2v) is 13.4. The van der Waals surface area contributed by atoms with Crippen LogP contribution in [0.5, 0.6) is 0 Å². The molecule has 0 unspecified atom stereocenters. The molecule has 49 heavy (non-hydrogen) atoms. The minimum absolute atomic E-state index is 0.0857. The monoisotopic (exact) mass is 671 g/mol. The van der Waals surface area contributed by atoms with Crippen molar-refractivity contribution in [1.82, 2.24) is 15.1 Å². The number of fused-ring (bicyclic) bond motifs is 1. The molecule has 0 radical (unpaired) electrons. The van der Waals surface area contributed by atoms with E-state index in [4.69, 9.17) is 9.47 Å². The Morgan fingerprint density at radius 3 is 2.45 bits per heavy atom. The summed E-state index contributed by atoms with van der Waals surface area (Å²) in [7, 11) is 0. The molecule has 2 bridgehead atoms. The maximum atomic E-state index is 14.8. The van der Waals surface area contributed by atoms with Crippen LogP contribution in [-0.2, 0) is 35.2 Å². The maximum absolute atomic E-state index is 14.8. The lowest BCUT2D eigenvalue weighted by Gasteiger charge is -2.41. The second-order valence-electron chi connectivity index (χ2n) is 13.4. The van der Waals surface area contributed by atoms with Gasteiger partial charge in [-0.15, -0.1) is 13.2 Å². The van der Waals surface area contributed by atoms with E-state index in [1.165, 1.54) is 0 Å². The first-order valence-electron chi connectivity index (χ1n) is 17.4. The third-order valence-electron chi connectivity index (χ3n) is 10.5. The number of amides is 3. The molecule has 0 aromatic heterocycles. The Labute approximate surface area is 289 Å². The second kappa shape index (κ2) is 16.0. The van der Waals surface area contributed by atoms with Gasteiger partial charge in [0.2, 0.25) is 17.7 Å². The molecule has 5 rings (SSSR count). The van der Waals surface area contributed by atoms with Gasteiger partial charge in [-0.25, -0.2) is 0 Å². The van der Waals surface area contributed by atoms with Gasteiger partial charge in [0.25, 0.3) is 0 Å². The molecule has 3 aliphatic heterocycles. The Bertz CT molecular complexity index is 1500. The molecule has 262 valence electrons. The van der Waals surface area contributed by atoms with E-state index in [0.717, 1.165) is 11.1 Å². The number of nitrogens with one attached hydrogen (secondary N) is 1. The van der Waals surface area contributed by atoms with Crippen molar-refractivity contribution >= 4 is 23.7 Å². The molecule has 8 atom stereocenters. The molecule has 0 aliphatic carbocycles. The number of benzene rings is 2. The maximum Gasteiger partial charge on any atom is 0.306 e. The summed E-state index contributed by atoms with van der Waals surface area (Å²) >= 11 is 0. The summed E-state index contributed by atoms with van der Waals surface area (Å²) in [6.07, 6.45) is 4.99. The summed E-state index contributed by atoms with van der Waals surface area (Å²) in [6.45, 7) is 11.6. The van der Waals surface area contributed by atoms with Gasteiger partial charge >= 0.3 is 5.97 Å². The Morgan fingerprint density at radius 1 is 1.12 bits per heavy atom. The normalized spacial score (nSPS) is 25.6. The number of hydrogen-bond donors (Lipinski definition) is 2. The van der Waals surface area contributed by atoms with Crippen LogP contribution in [0, 0.1) is 17.8 Å². The molecular formula is C39H49N3O7. The van der Waals surface area contributed by atoms with E-state index in [1.54, 1.807) is 22.0 Å². The molecule has 3 fully saturated rings. The van der Waals surface area contributed by atoms with Gasteiger partial charge < -0.3 is 29.7 Å². The van der Waals surface area contributed by atoms with E-state index in [-0.39, 0.29) is 43.9 Å². The van der Waals surface area contributed by atoms with Crippen molar-refractivity contribution in [2.75, 3.05) is 19.8 Å². The first-order chi connectivity index (χ1) is 23.7. The molecule has 2 N–H and O–H groups in total. The fraction of sp³-hybridized carbons (Fsp3) is 0.487. The van der Waals surface area contributed by atoms with Crippen LogP contribution in [0.1, 0.15) is 63.1 Å². The third-order valence-corrected chi connectivity index (χ3v) is 10.5. The molecule has 2 aromatic rings. The van der Waals surface area contributed by atoms with Crippen molar-refractivity contribution < 1.29 is 33.8 Å². The topological polar surface area (TPSA) is 125 Å². The van der Waals surface area contributed by atoms with Gasteiger partial charge in [-0.05, 0) is 36.3 Å². The summed E-state index contributed by atoms with van der Waals surface area (Å²) in [5.74, 6) is -3.37. The molecule has 1 spiro atoms. The lowest BCUT2D eigenvalue weighted by molar-refractivity contribution is -0.153. The average Bonchev–Trinajstić information content (AvgIpc) is 3.77. The van der Waals surface area contributed by atoms with Crippen molar-refractivity contribution in [3.8, 4) is 0 Å². The number of likely N-dealkylation sites (tertiary alicyclic amines) is 1. The van der Waals surface area contributed by atoms with Crippen molar-refractivity contribution in [3.63, 3.8) is 0 Å². The number of ether oxygens (including phenoxy) is 2. The minimum Gasteiger partial charge on any atom is -0.463 e. The predicted molar refractivity (Wildman–Crippen MR) is 185 cm³/mol. The SMILES string of the molecule is C=CCCC(=O)OC[C@@H](NC(=O)[C@@H]1[C@@H]2CC[C@]3(O2)[C@H](C(=O)N(CC=C)Cc2ccccc2)N([C@@H](CO)[C@@H](C)CC)C(=O)[C@@H]13)c1ccccc1. The summed E-state index contributed by atoms with van der Waals surface area (Å²) in [5, 5.41) is 13.8. The summed E-state index contributed by atoms with van der Waals surface area (Å²) in [4.78, 5) is 59.4. The predicted octanol–water partition coefficient (Wildman–Crippen LogP) is 4.35. The molecule has 3 heterocycles. The van der Waals surface area contributed by atoms with E-state index < -0.39 is 53.5 Å². The van der Waals surface area contributed by atoms with Crippen LogP contribution >= 0.6 is 0 Å².